The van der Waals surface area contributed by atoms with Crippen LogP contribution in [-0.2, 0) is 9.53 Å². The van der Waals surface area contributed by atoms with Crippen molar-refractivity contribution in [2.45, 2.75) is 37.8 Å². The first kappa shape index (κ1) is 9.24. The van der Waals surface area contributed by atoms with Gasteiger partial charge in [0, 0.05) is 24.9 Å². The first-order valence-electron chi connectivity index (χ1n) is 4.84. The van der Waals surface area contributed by atoms with Gasteiger partial charge in [-0.25, -0.2) is 4.79 Å². The summed E-state index contributed by atoms with van der Waals surface area (Å²) in [5.74, 6) is 0.264. The molecule has 0 aromatic heterocycles. The van der Waals surface area contributed by atoms with E-state index in [9.17, 15) is 9.59 Å². The number of hydrogen-bond donors (Lipinski definition) is 0. The van der Waals surface area contributed by atoms with Crippen molar-refractivity contribution in [2.75, 3.05) is 0 Å². The number of carbonyl (C=O) groups excluding carboxylic acids is 2. The van der Waals surface area contributed by atoms with Crippen LogP contribution in [-0.4, -0.2) is 28.9 Å². The molecule has 2 fully saturated rings. The minimum absolute atomic E-state index is 0.0636. The van der Waals surface area contributed by atoms with Gasteiger partial charge in [0.2, 0.25) is 0 Å². The third-order valence-corrected chi connectivity index (χ3v) is 2.94. The normalized spacial score (nSPS) is 30.3. The monoisotopic (exact) mass is 195 g/mol. The fourth-order valence-electron chi connectivity index (χ4n) is 2.40. The van der Waals surface area contributed by atoms with Crippen LogP contribution >= 0.6 is 0 Å². The van der Waals surface area contributed by atoms with Gasteiger partial charge >= 0.3 is 6.09 Å². The van der Waals surface area contributed by atoms with Gasteiger partial charge in [0.05, 0.1) is 6.26 Å². The van der Waals surface area contributed by atoms with Crippen LogP contribution in [0.5, 0.6) is 0 Å². The average Bonchev–Trinajstić information content (AvgIpc) is 2.39. The van der Waals surface area contributed by atoms with Crippen molar-refractivity contribution >= 4 is 11.9 Å². The number of ether oxygens (including phenoxy) is 1. The predicted octanol–water partition coefficient (Wildman–Crippen LogP) is 1.46. The maximum Gasteiger partial charge on any atom is 0.415 e. The highest BCUT2D eigenvalue weighted by Gasteiger charge is 2.43. The van der Waals surface area contributed by atoms with Gasteiger partial charge < -0.3 is 9.64 Å². The van der Waals surface area contributed by atoms with Gasteiger partial charge in [0.1, 0.15) is 5.78 Å². The third kappa shape index (κ3) is 1.41. The number of ketones is 1. The molecule has 14 heavy (non-hydrogen) atoms. The summed E-state index contributed by atoms with van der Waals surface area (Å²) in [6.07, 6.45) is 3.59. The first-order valence-corrected chi connectivity index (χ1v) is 4.84. The van der Waals surface area contributed by atoms with Crippen molar-refractivity contribution in [2.24, 2.45) is 0 Å². The molecule has 2 rings (SSSR count). The Morgan fingerprint density at radius 3 is 2.50 bits per heavy atom. The number of rotatable bonds is 1. The Balaban J connectivity index is 2.10. The van der Waals surface area contributed by atoms with Crippen LogP contribution in [0.3, 0.4) is 0 Å². The van der Waals surface area contributed by atoms with Gasteiger partial charge in [0.15, 0.2) is 0 Å². The summed E-state index contributed by atoms with van der Waals surface area (Å²) in [6, 6.07) is 0.127. The molecule has 0 aromatic carbocycles. The Kier molecular flexibility index (Phi) is 2.27. The molecule has 2 heterocycles. The Morgan fingerprint density at radius 1 is 1.43 bits per heavy atom. The maximum atomic E-state index is 11.5. The topological polar surface area (TPSA) is 46.6 Å². The Hall–Kier alpha value is -1.32. The number of hydrogen-bond acceptors (Lipinski definition) is 3. The fourth-order valence-corrected chi connectivity index (χ4v) is 2.40. The highest BCUT2D eigenvalue weighted by atomic mass is 16.5. The van der Waals surface area contributed by atoms with E-state index >= 15 is 0 Å². The summed E-state index contributed by atoms with van der Waals surface area (Å²) in [6.45, 7) is 3.34. The minimum atomic E-state index is -0.361. The highest BCUT2D eigenvalue weighted by Crippen LogP contribution is 2.34. The summed E-state index contributed by atoms with van der Waals surface area (Å²) in [7, 11) is 0. The lowest BCUT2D eigenvalue weighted by Gasteiger charge is -2.32. The molecule has 1 amide bonds. The molecule has 0 unspecified atom stereocenters. The number of piperidine rings is 1. The average molecular weight is 195 g/mol. The standard InChI is InChI=1S/C10H13NO3/c1-2-14-10(13)11-7-3-4-8(11)6-9(12)5-7/h2,7-8H,1,3-6H2/t7-,8+. The molecule has 2 bridgehead atoms. The lowest BCUT2D eigenvalue weighted by molar-refractivity contribution is -0.122. The molecule has 2 atom stereocenters. The molecular weight excluding hydrogens is 182 g/mol. The zero-order valence-corrected chi connectivity index (χ0v) is 7.94. The highest BCUT2D eigenvalue weighted by molar-refractivity contribution is 5.83. The number of carbonyl (C=O) groups is 2. The molecule has 0 spiro atoms. The van der Waals surface area contributed by atoms with Crippen molar-refractivity contribution in [1.29, 1.82) is 0 Å². The number of Topliss-reactive ketones (excluding diaryl/α,β-unsaturated/α-hetero) is 1. The second kappa shape index (κ2) is 3.44. The van der Waals surface area contributed by atoms with Crippen molar-refractivity contribution in [3.8, 4) is 0 Å². The summed E-state index contributed by atoms with van der Waals surface area (Å²) >= 11 is 0. The van der Waals surface area contributed by atoms with Crippen LogP contribution in [0.15, 0.2) is 12.8 Å². The van der Waals surface area contributed by atoms with E-state index in [0.717, 1.165) is 19.1 Å². The van der Waals surface area contributed by atoms with Crippen LogP contribution in [0, 0.1) is 0 Å². The smallest absolute Gasteiger partial charge is 0.415 e. The molecule has 0 aliphatic carbocycles. The molecule has 0 saturated carbocycles. The summed E-state index contributed by atoms with van der Waals surface area (Å²) in [5.41, 5.74) is 0. The van der Waals surface area contributed by atoms with E-state index < -0.39 is 0 Å². The molecule has 2 aliphatic heterocycles. The molecule has 4 nitrogen and oxygen atoms in total. The van der Waals surface area contributed by atoms with Crippen LogP contribution in [0.2, 0.25) is 0 Å². The van der Waals surface area contributed by atoms with Crippen LogP contribution in [0.1, 0.15) is 25.7 Å². The summed E-state index contributed by atoms with van der Waals surface area (Å²) in [5, 5.41) is 0. The van der Waals surface area contributed by atoms with Gasteiger partial charge in [-0.2, -0.15) is 0 Å². The zero-order valence-electron chi connectivity index (χ0n) is 7.94. The van der Waals surface area contributed by atoms with Crippen molar-refractivity contribution in [1.82, 2.24) is 4.90 Å². The third-order valence-electron chi connectivity index (χ3n) is 2.94. The van der Waals surface area contributed by atoms with Crippen molar-refractivity contribution in [3.63, 3.8) is 0 Å². The molecule has 76 valence electrons. The minimum Gasteiger partial charge on any atom is -0.419 e. The van der Waals surface area contributed by atoms with E-state index in [1.54, 1.807) is 4.90 Å². The van der Waals surface area contributed by atoms with Gasteiger partial charge in [-0.3, -0.25) is 4.79 Å². The van der Waals surface area contributed by atoms with Crippen LogP contribution in [0.4, 0.5) is 4.79 Å². The number of fused-ring (bicyclic) bond motifs is 2. The van der Waals surface area contributed by atoms with Gasteiger partial charge in [-0.05, 0) is 12.8 Å². The molecule has 4 heteroatoms. The zero-order chi connectivity index (χ0) is 10.1. The SMILES string of the molecule is C=COC(=O)N1[C@@H]2CC[C@H]1CC(=O)C2. The van der Waals surface area contributed by atoms with Crippen molar-refractivity contribution in [3.05, 3.63) is 12.8 Å². The van der Waals surface area contributed by atoms with E-state index in [1.807, 2.05) is 0 Å². The lowest BCUT2D eigenvalue weighted by atomic mass is 10.0. The molecule has 0 radical (unpaired) electrons. The molecule has 0 aromatic rings. The van der Waals surface area contributed by atoms with E-state index in [1.165, 1.54) is 0 Å². The Morgan fingerprint density at radius 2 is 2.00 bits per heavy atom. The van der Waals surface area contributed by atoms with Crippen LogP contribution in [0.25, 0.3) is 0 Å². The van der Waals surface area contributed by atoms with E-state index in [4.69, 9.17) is 4.74 Å². The molecular formula is C10H13NO3. The summed E-state index contributed by atoms with van der Waals surface area (Å²) < 4.78 is 4.74. The Labute approximate surface area is 82.5 Å². The van der Waals surface area contributed by atoms with E-state index in [2.05, 4.69) is 6.58 Å². The largest absolute Gasteiger partial charge is 0.419 e. The van der Waals surface area contributed by atoms with Crippen molar-refractivity contribution < 1.29 is 14.3 Å². The maximum absolute atomic E-state index is 11.5. The molecule has 0 N–H and O–H groups in total. The van der Waals surface area contributed by atoms with Gasteiger partial charge in [0.25, 0.3) is 0 Å². The van der Waals surface area contributed by atoms with Gasteiger partial charge in [-0.15, -0.1) is 0 Å². The van der Waals surface area contributed by atoms with E-state index in [0.29, 0.717) is 12.8 Å². The Bertz CT molecular complexity index is 271. The molecule has 2 saturated heterocycles. The fraction of sp³-hybridized carbons (Fsp3) is 0.600. The second-order valence-electron chi connectivity index (χ2n) is 3.79. The predicted molar refractivity (Wildman–Crippen MR) is 49.6 cm³/mol. The molecule has 2 aliphatic rings. The number of amides is 1. The number of nitrogens with zero attached hydrogens (tertiary/aromatic N) is 1. The first-order chi connectivity index (χ1) is 6.72. The van der Waals surface area contributed by atoms with Gasteiger partial charge in [-0.1, -0.05) is 6.58 Å². The van der Waals surface area contributed by atoms with E-state index in [-0.39, 0.29) is 24.0 Å². The van der Waals surface area contributed by atoms with Crippen LogP contribution < -0.4 is 0 Å². The summed E-state index contributed by atoms with van der Waals surface area (Å²) in [4.78, 5) is 24.4. The quantitative estimate of drug-likeness (QED) is 0.595. The second-order valence-corrected chi connectivity index (χ2v) is 3.79. The lowest BCUT2D eigenvalue weighted by Crippen LogP contribution is -2.46.